The second kappa shape index (κ2) is 5.74. The highest BCUT2D eigenvalue weighted by atomic mass is 35.5. The summed E-state index contributed by atoms with van der Waals surface area (Å²) in [7, 11) is 0. The van der Waals surface area contributed by atoms with Gasteiger partial charge in [-0.05, 0) is 25.0 Å². The highest BCUT2D eigenvalue weighted by Crippen LogP contribution is 2.23. The lowest BCUT2D eigenvalue weighted by Gasteiger charge is -2.32. The smallest absolute Gasteiger partial charge is 0.223 e. The lowest BCUT2D eigenvalue weighted by Crippen LogP contribution is -2.48. The molecule has 5 nitrogen and oxygen atoms in total. The summed E-state index contributed by atoms with van der Waals surface area (Å²) < 4.78 is 0. The Hall–Kier alpha value is -2.06. The van der Waals surface area contributed by atoms with Gasteiger partial charge < -0.3 is 4.90 Å². The van der Waals surface area contributed by atoms with Gasteiger partial charge in [-0.1, -0.05) is 23.7 Å². The molecule has 0 bridgehead atoms. The number of hydrogen-bond donors (Lipinski definition) is 0. The molecular weight excluding hydrogens is 288 g/mol. The molecule has 1 aromatic rings. The summed E-state index contributed by atoms with van der Waals surface area (Å²) in [4.78, 5) is 14.0. The van der Waals surface area contributed by atoms with Gasteiger partial charge in [0.2, 0.25) is 12.1 Å². The molecule has 1 saturated heterocycles. The van der Waals surface area contributed by atoms with Crippen LogP contribution in [-0.4, -0.2) is 40.7 Å². The minimum atomic E-state index is -0.154. The van der Waals surface area contributed by atoms with Crippen LogP contribution >= 0.6 is 11.6 Å². The predicted octanol–water partition coefficient (Wildman–Crippen LogP) is 2.22. The van der Waals surface area contributed by atoms with Crippen LogP contribution in [-0.2, 0) is 4.79 Å². The number of amides is 1. The van der Waals surface area contributed by atoms with Crippen LogP contribution in [0.25, 0.3) is 0 Å². The number of benzene rings is 1. The molecule has 0 aliphatic carbocycles. The van der Waals surface area contributed by atoms with Crippen molar-refractivity contribution in [2.75, 3.05) is 13.1 Å². The van der Waals surface area contributed by atoms with Gasteiger partial charge in [0, 0.05) is 23.6 Å². The van der Waals surface area contributed by atoms with E-state index in [2.05, 4.69) is 5.10 Å². The number of nitriles is 1. The molecule has 2 heterocycles. The molecule has 0 radical (unpaired) electrons. The SMILES string of the molecule is N#CN1CC(N2CCCCC2=O)C(c2ccc(Cl)cc2)=N1. The highest BCUT2D eigenvalue weighted by molar-refractivity contribution is 6.30. The Bertz CT molecular complexity index is 620. The monoisotopic (exact) mass is 302 g/mol. The van der Waals surface area contributed by atoms with Crippen LogP contribution in [0.15, 0.2) is 29.4 Å². The number of likely N-dealkylation sites (tertiary alicyclic amines) is 1. The zero-order valence-corrected chi connectivity index (χ0v) is 12.3. The van der Waals surface area contributed by atoms with Gasteiger partial charge in [-0.2, -0.15) is 15.4 Å². The van der Waals surface area contributed by atoms with E-state index in [0.29, 0.717) is 18.0 Å². The molecule has 1 unspecified atom stereocenters. The van der Waals surface area contributed by atoms with Crippen molar-refractivity contribution in [2.45, 2.75) is 25.3 Å². The van der Waals surface area contributed by atoms with E-state index >= 15 is 0 Å². The summed E-state index contributed by atoms with van der Waals surface area (Å²) in [5.41, 5.74) is 1.67. The molecule has 2 aliphatic heterocycles. The Morgan fingerprint density at radius 1 is 1.29 bits per heavy atom. The standard InChI is InChI=1S/C15H15ClN4O/c16-12-6-4-11(5-7-12)15-13(9-19(10-17)18-15)20-8-2-1-3-14(20)21/h4-7,13H,1-3,8-9H2. The lowest BCUT2D eigenvalue weighted by molar-refractivity contribution is -0.134. The summed E-state index contributed by atoms with van der Waals surface area (Å²) in [5, 5.41) is 15.4. The van der Waals surface area contributed by atoms with E-state index in [0.717, 1.165) is 30.7 Å². The van der Waals surface area contributed by atoms with Crippen molar-refractivity contribution in [3.63, 3.8) is 0 Å². The molecule has 0 saturated carbocycles. The van der Waals surface area contributed by atoms with E-state index < -0.39 is 0 Å². The second-order valence-corrected chi connectivity index (χ2v) is 5.67. The number of hydrogen-bond acceptors (Lipinski definition) is 4. The normalized spacial score (nSPS) is 22.2. The first kappa shape index (κ1) is 13.9. The van der Waals surface area contributed by atoms with Crippen molar-refractivity contribution in [3.05, 3.63) is 34.9 Å². The fraction of sp³-hybridized carbons (Fsp3) is 0.400. The number of hydrazone groups is 1. The molecule has 1 atom stereocenters. The van der Waals surface area contributed by atoms with Crippen LogP contribution in [0.2, 0.25) is 5.02 Å². The molecule has 3 rings (SSSR count). The molecule has 0 aromatic heterocycles. The summed E-state index contributed by atoms with van der Waals surface area (Å²) >= 11 is 5.92. The minimum Gasteiger partial charge on any atom is -0.332 e. The maximum atomic E-state index is 12.2. The van der Waals surface area contributed by atoms with E-state index in [1.807, 2.05) is 23.2 Å². The van der Waals surface area contributed by atoms with Gasteiger partial charge in [-0.3, -0.25) is 4.79 Å². The third kappa shape index (κ3) is 2.72. The van der Waals surface area contributed by atoms with Crippen molar-refractivity contribution in [1.29, 1.82) is 5.26 Å². The van der Waals surface area contributed by atoms with Gasteiger partial charge in [0.05, 0.1) is 18.3 Å². The van der Waals surface area contributed by atoms with E-state index in [1.165, 1.54) is 5.01 Å². The molecule has 1 amide bonds. The van der Waals surface area contributed by atoms with Crippen LogP contribution in [0.4, 0.5) is 0 Å². The minimum absolute atomic E-state index is 0.146. The van der Waals surface area contributed by atoms with E-state index in [1.54, 1.807) is 12.1 Å². The number of rotatable bonds is 2. The molecule has 0 N–H and O–H groups in total. The van der Waals surface area contributed by atoms with Crippen molar-refractivity contribution in [3.8, 4) is 6.19 Å². The molecule has 1 aromatic carbocycles. The maximum Gasteiger partial charge on any atom is 0.223 e. The van der Waals surface area contributed by atoms with E-state index in [-0.39, 0.29) is 11.9 Å². The maximum absolute atomic E-state index is 12.2. The van der Waals surface area contributed by atoms with Gasteiger partial charge in [0.25, 0.3) is 0 Å². The Balaban J connectivity index is 1.92. The lowest BCUT2D eigenvalue weighted by atomic mass is 10.00. The Morgan fingerprint density at radius 3 is 2.71 bits per heavy atom. The van der Waals surface area contributed by atoms with Crippen LogP contribution < -0.4 is 0 Å². The summed E-state index contributed by atoms with van der Waals surface area (Å²) in [6.07, 6.45) is 4.57. The number of carbonyl (C=O) groups excluding carboxylic acids is 1. The fourth-order valence-electron chi connectivity index (χ4n) is 2.82. The van der Waals surface area contributed by atoms with E-state index in [9.17, 15) is 4.79 Å². The fourth-order valence-corrected chi connectivity index (χ4v) is 2.95. The van der Waals surface area contributed by atoms with Crippen molar-refractivity contribution in [1.82, 2.24) is 9.91 Å². The number of nitrogens with zero attached hydrogens (tertiary/aromatic N) is 4. The zero-order chi connectivity index (χ0) is 14.8. The van der Waals surface area contributed by atoms with Crippen molar-refractivity contribution >= 4 is 23.2 Å². The van der Waals surface area contributed by atoms with Crippen LogP contribution in [0.5, 0.6) is 0 Å². The van der Waals surface area contributed by atoms with Crippen molar-refractivity contribution < 1.29 is 4.79 Å². The van der Waals surface area contributed by atoms with Crippen molar-refractivity contribution in [2.24, 2.45) is 5.10 Å². The van der Waals surface area contributed by atoms with Crippen LogP contribution in [0, 0.1) is 11.5 Å². The van der Waals surface area contributed by atoms with Crippen LogP contribution in [0.3, 0.4) is 0 Å². The largest absolute Gasteiger partial charge is 0.332 e. The molecule has 6 heteroatoms. The molecule has 108 valence electrons. The molecule has 0 spiro atoms. The number of halogens is 1. The van der Waals surface area contributed by atoms with Gasteiger partial charge >= 0.3 is 0 Å². The molecule has 1 fully saturated rings. The average Bonchev–Trinajstić information content (AvgIpc) is 2.92. The molecule has 21 heavy (non-hydrogen) atoms. The predicted molar refractivity (Wildman–Crippen MR) is 79.7 cm³/mol. The first-order valence-corrected chi connectivity index (χ1v) is 7.38. The van der Waals surface area contributed by atoms with Gasteiger partial charge in [0.1, 0.15) is 0 Å². The van der Waals surface area contributed by atoms with Gasteiger partial charge in [-0.15, -0.1) is 0 Å². The first-order valence-electron chi connectivity index (χ1n) is 7.00. The summed E-state index contributed by atoms with van der Waals surface area (Å²) in [6, 6.07) is 7.19. The zero-order valence-electron chi connectivity index (χ0n) is 11.5. The Morgan fingerprint density at radius 2 is 2.05 bits per heavy atom. The second-order valence-electron chi connectivity index (χ2n) is 5.23. The number of piperidine rings is 1. The quantitative estimate of drug-likeness (QED) is 0.787. The molecular formula is C15H15ClN4O. The Labute approximate surface area is 128 Å². The first-order chi connectivity index (χ1) is 10.2. The third-order valence-electron chi connectivity index (χ3n) is 3.88. The van der Waals surface area contributed by atoms with Crippen LogP contribution in [0.1, 0.15) is 24.8 Å². The summed E-state index contributed by atoms with van der Waals surface area (Å²) in [5.74, 6) is 0.146. The van der Waals surface area contributed by atoms with Gasteiger partial charge in [-0.25, -0.2) is 0 Å². The molecule has 2 aliphatic rings. The topological polar surface area (TPSA) is 59.7 Å². The highest BCUT2D eigenvalue weighted by Gasteiger charge is 2.36. The van der Waals surface area contributed by atoms with E-state index in [4.69, 9.17) is 16.9 Å². The number of carbonyl (C=O) groups is 1. The Kier molecular flexibility index (Phi) is 3.80. The average molecular weight is 303 g/mol. The van der Waals surface area contributed by atoms with Gasteiger partial charge in [0.15, 0.2) is 0 Å². The third-order valence-corrected chi connectivity index (χ3v) is 4.13. The summed E-state index contributed by atoms with van der Waals surface area (Å²) in [6.45, 7) is 1.16.